The van der Waals surface area contributed by atoms with Gasteiger partial charge >= 0.3 is 29.6 Å². The van der Waals surface area contributed by atoms with Gasteiger partial charge in [-0.3, -0.25) is 10.1 Å². The molecule has 2 heterocycles. The van der Waals surface area contributed by atoms with Crippen LogP contribution in [0.25, 0.3) is 11.3 Å². The first-order valence-electron chi connectivity index (χ1n) is 9.19. The van der Waals surface area contributed by atoms with Crippen LogP contribution in [0.1, 0.15) is 32.7 Å². The summed E-state index contributed by atoms with van der Waals surface area (Å²) in [4.78, 5) is 19.3. The summed E-state index contributed by atoms with van der Waals surface area (Å²) >= 11 is 0. The van der Waals surface area contributed by atoms with Gasteiger partial charge in [-0.15, -0.1) is 5.10 Å². The molecule has 0 spiro atoms. The summed E-state index contributed by atoms with van der Waals surface area (Å²) in [6.07, 6.45) is 0. The van der Waals surface area contributed by atoms with Crippen LogP contribution in [0.3, 0.4) is 0 Å². The Hall–Kier alpha value is -2.49. The van der Waals surface area contributed by atoms with Gasteiger partial charge in [0.1, 0.15) is 11.4 Å². The molecule has 0 saturated heterocycles. The number of H-pyrrole nitrogens is 1. The third kappa shape index (κ3) is 5.75. The fraction of sp³-hybridized carbons (Fsp3) is 0.316. The van der Waals surface area contributed by atoms with Crippen molar-refractivity contribution in [2.75, 3.05) is 29.9 Å². The van der Waals surface area contributed by atoms with Gasteiger partial charge in [0.15, 0.2) is 0 Å². The van der Waals surface area contributed by atoms with Crippen LogP contribution in [0, 0.1) is 0 Å². The Morgan fingerprint density at radius 2 is 1.90 bits per heavy atom. The van der Waals surface area contributed by atoms with Crippen molar-refractivity contribution < 1.29 is 40.5 Å². The Morgan fingerprint density at radius 3 is 2.48 bits per heavy atom. The maximum atomic E-state index is 12.5. The number of nitrogens with one attached hydrogen (secondary N) is 2. The minimum atomic E-state index is -0.441. The van der Waals surface area contributed by atoms with Gasteiger partial charge < -0.3 is 11.1 Å². The number of aromatic nitrogens is 5. The molecule has 2 aromatic heterocycles. The summed E-state index contributed by atoms with van der Waals surface area (Å²) in [5.74, 6) is 0.210. The number of rotatable bonds is 8. The molecule has 0 aliphatic heterocycles. The number of nitrogens with zero attached hydrogens (tertiary/aromatic N) is 5. The molecule has 0 aliphatic rings. The van der Waals surface area contributed by atoms with Gasteiger partial charge in [0.25, 0.3) is 11.9 Å². The Balaban J connectivity index is 0.00000225. The van der Waals surface area contributed by atoms with E-state index < -0.39 is 5.91 Å². The second-order valence-electron chi connectivity index (χ2n) is 5.92. The van der Waals surface area contributed by atoms with Crippen molar-refractivity contribution in [2.45, 2.75) is 20.8 Å². The second kappa shape index (κ2) is 10.9. The number of aromatic amines is 1. The van der Waals surface area contributed by atoms with Gasteiger partial charge in [-0.1, -0.05) is 17.2 Å². The normalized spacial score (nSPS) is 10.2. The average molecular weight is 405 g/mol. The summed E-state index contributed by atoms with van der Waals surface area (Å²) in [6.45, 7) is 8.50. The molecule has 148 valence electrons. The molecule has 1 amide bonds. The minimum Gasteiger partial charge on any atom is -1.00 e. The van der Waals surface area contributed by atoms with Crippen LogP contribution in [-0.2, 0) is 0 Å². The van der Waals surface area contributed by atoms with Gasteiger partial charge in [0.05, 0.1) is 12.3 Å². The topological polar surface area (TPSA) is 109 Å². The number of hydrogen-bond acceptors (Lipinski definition) is 7. The van der Waals surface area contributed by atoms with Crippen LogP contribution >= 0.6 is 0 Å². The molecule has 2 N–H and O–H groups in total. The van der Waals surface area contributed by atoms with E-state index in [1.54, 1.807) is 6.07 Å². The van der Waals surface area contributed by atoms with E-state index in [4.69, 9.17) is 4.74 Å². The summed E-state index contributed by atoms with van der Waals surface area (Å²) in [6, 6.07) is 11.5. The second-order valence-corrected chi connectivity index (χ2v) is 5.92. The third-order valence-corrected chi connectivity index (χ3v) is 4.20. The summed E-state index contributed by atoms with van der Waals surface area (Å²) < 4.78 is 5.61. The number of amides is 1. The molecular weight excluding hydrogens is 381 g/mol. The molecule has 0 fully saturated rings. The molecule has 0 atom stereocenters. The maximum absolute atomic E-state index is 12.5. The first-order chi connectivity index (χ1) is 13.6. The Kier molecular flexibility index (Phi) is 8.56. The minimum absolute atomic E-state index is 0. The first-order valence-corrected chi connectivity index (χ1v) is 9.19. The van der Waals surface area contributed by atoms with Crippen LogP contribution in [0.5, 0.6) is 5.75 Å². The monoisotopic (exact) mass is 405 g/mol. The van der Waals surface area contributed by atoms with E-state index in [1.807, 2.05) is 25.1 Å². The molecular formula is C19H24N7NaO2. The number of carbonyl (C=O) groups is 1. The molecule has 9 nitrogen and oxygen atoms in total. The van der Waals surface area contributed by atoms with E-state index in [9.17, 15) is 4.79 Å². The molecule has 0 radical (unpaired) electrons. The number of carbonyl (C=O) groups excluding carboxylic acids is 1. The largest absolute Gasteiger partial charge is 1.00 e. The van der Waals surface area contributed by atoms with Gasteiger partial charge in [-0.05, 0) is 38.1 Å². The number of ether oxygens (including phenoxy) is 1. The van der Waals surface area contributed by atoms with Crippen LogP contribution in [-0.4, -0.2) is 51.2 Å². The Morgan fingerprint density at radius 1 is 1.17 bits per heavy atom. The van der Waals surface area contributed by atoms with E-state index in [2.05, 4.69) is 61.8 Å². The van der Waals surface area contributed by atoms with Crippen molar-refractivity contribution in [3.63, 3.8) is 0 Å². The van der Waals surface area contributed by atoms with Gasteiger partial charge in [0, 0.05) is 36.5 Å². The fourth-order valence-corrected chi connectivity index (χ4v) is 2.83. The Bertz CT molecular complexity index is 919. The summed E-state index contributed by atoms with van der Waals surface area (Å²) in [5.41, 5.74) is 2.89. The predicted molar refractivity (Wildman–Crippen MR) is 108 cm³/mol. The van der Waals surface area contributed by atoms with E-state index in [-0.39, 0.29) is 42.6 Å². The standard InChI is InChI=1S/C19H23N7O2.Na.H/c1-4-26(5-2)14-9-7-13(8-10-14)16-11-15(28-6-3)12-17(20-16)18(27)21-19-22-24-25-23-19;;/h7-12H,4-6H2,1-3H3,(H2,21,22,23,24,25,27);;/q;+1;-1. The fourth-order valence-electron chi connectivity index (χ4n) is 2.83. The van der Waals surface area contributed by atoms with Crippen molar-refractivity contribution >= 4 is 17.5 Å². The molecule has 29 heavy (non-hydrogen) atoms. The van der Waals surface area contributed by atoms with Crippen molar-refractivity contribution in [3.05, 3.63) is 42.1 Å². The number of benzene rings is 1. The molecule has 0 saturated carbocycles. The molecule has 1 aromatic carbocycles. The summed E-state index contributed by atoms with van der Waals surface area (Å²) in [7, 11) is 0. The molecule has 3 aromatic rings. The smallest absolute Gasteiger partial charge is 1.00 e. The predicted octanol–water partition coefficient (Wildman–Crippen LogP) is -0.125. The third-order valence-electron chi connectivity index (χ3n) is 4.20. The van der Waals surface area contributed by atoms with Gasteiger partial charge in [0.2, 0.25) is 0 Å². The molecule has 3 rings (SSSR count). The quantitative estimate of drug-likeness (QED) is 0.503. The SMILES string of the molecule is CCOc1cc(C(=O)Nc2nn[nH]n2)nc(-c2ccc(N(CC)CC)cc2)c1.[H-].[Na+]. The molecule has 0 aliphatic carbocycles. The van der Waals surface area contributed by atoms with Crippen molar-refractivity contribution in [2.24, 2.45) is 0 Å². The van der Waals surface area contributed by atoms with E-state index in [0.29, 0.717) is 18.1 Å². The number of pyridine rings is 1. The zero-order valence-corrected chi connectivity index (χ0v) is 19.1. The van der Waals surface area contributed by atoms with Gasteiger partial charge in [-0.2, -0.15) is 5.21 Å². The average Bonchev–Trinajstić information content (AvgIpc) is 3.22. The van der Waals surface area contributed by atoms with Crippen LogP contribution in [0.2, 0.25) is 0 Å². The summed E-state index contributed by atoms with van der Waals surface area (Å²) in [5, 5.41) is 15.7. The van der Waals surface area contributed by atoms with Crippen LogP contribution in [0.15, 0.2) is 36.4 Å². The molecule has 0 bridgehead atoms. The zero-order chi connectivity index (χ0) is 19.9. The first kappa shape index (κ1) is 22.8. The van der Waals surface area contributed by atoms with Crippen LogP contribution in [0.4, 0.5) is 11.6 Å². The van der Waals surface area contributed by atoms with Crippen LogP contribution < -0.4 is 44.5 Å². The maximum Gasteiger partial charge on any atom is 1.00 e. The molecule has 0 unspecified atom stereocenters. The van der Waals surface area contributed by atoms with Crippen molar-refractivity contribution in [1.82, 2.24) is 25.6 Å². The molecule has 10 heteroatoms. The number of hydrogen-bond donors (Lipinski definition) is 2. The van der Waals surface area contributed by atoms with E-state index in [0.717, 1.165) is 24.3 Å². The van der Waals surface area contributed by atoms with Crippen molar-refractivity contribution in [1.29, 1.82) is 0 Å². The van der Waals surface area contributed by atoms with Gasteiger partial charge in [-0.25, -0.2) is 4.98 Å². The Labute approximate surface area is 193 Å². The number of anilines is 2. The zero-order valence-electron chi connectivity index (χ0n) is 18.1. The van der Waals surface area contributed by atoms with Crippen molar-refractivity contribution in [3.8, 4) is 17.0 Å². The van der Waals surface area contributed by atoms with E-state index >= 15 is 0 Å². The van der Waals surface area contributed by atoms with E-state index in [1.165, 1.54) is 0 Å². The number of tetrazole rings is 1.